The van der Waals surface area contributed by atoms with E-state index >= 15 is 0 Å². The number of aliphatic hydroxyl groups excluding tert-OH is 1. The van der Waals surface area contributed by atoms with Crippen molar-refractivity contribution in [3.63, 3.8) is 0 Å². The second-order valence-corrected chi connectivity index (χ2v) is 7.85. The highest BCUT2D eigenvalue weighted by Gasteiger charge is 2.47. The molecular formula is C24H18Cl2N2O4. The fraction of sp³-hybridized carbons (Fsp3) is 0.125. The number of anilines is 1. The molecule has 1 saturated heterocycles. The van der Waals surface area contributed by atoms with Gasteiger partial charge in [0.15, 0.2) is 0 Å². The van der Waals surface area contributed by atoms with Crippen LogP contribution in [0.2, 0.25) is 10.0 Å². The average Bonchev–Trinajstić information content (AvgIpc) is 3.07. The highest BCUT2D eigenvalue weighted by atomic mass is 35.5. The molecule has 8 heteroatoms. The minimum absolute atomic E-state index is 0.0408. The molecule has 1 aliphatic rings. The molecule has 2 aromatic carbocycles. The number of benzene rings is 2. The van der Waals surface area contributed by atoms with Crippen molar-refractivity contribution in [2.24, 2.45) is 0 Å². The lowest BCUT2D eigenvalue weighted by molar-refractivity contribution is -0.132. The molecule has 0 spiro atoms. The number of carbonyl (C=O) groups is 2. The summed E-state index contributed by atoms with van der Waals surface area (Å²) in [6.07, 6.45) is 3.12. The standard InChI is InChI=1S/C24H18Cl2N2O4/c1-2-32-19-13-15(3-8-18(19)26)22(29)20-21(14-9-11-27-12-10-14)28(24(31)23(20)30)17-6-4-16(25)5-7-17/h3-13,21,29H,2H2,1H3/b22-20-. The first kappa shape index (κ1) is 21.9. The first-order valence-corrected chi connectivity index (χ1v) is 10.6. The van der Waals surface area contributed by atoms with Crippen LogP contribution in [0, 0.1) is 0 Å². The number of pyridine rings is 1. The van der Waals surface area contributed by atoms with Crippen LogP contribution in [0.5, 0.6) is 5.75 Å². The van der Waals surface area contributed by atoms with Crippen molar-refractivity contribution in [2.45, 2.75) is 13.0 Å². The zero-order valence-electron chi connectivity index (χ0n) is 17.0. The molecule has 0 saturated carbocycles. The van der Waals surface area contributed by atoms with E-state index in [-0.39, 0.29) is 11.3 Å². The second-order valence-electron chi connectivity index (χ2n) is 7.00. The van der Waals surface area contributed by atoms with Crippen LogP contribution in [0.25, 0.3) is 5.76 Å². The normalized spacial score (nSPS) is 17.6. The number of halogens is 2. The highest BCUT2D eigenvalue weighted by Crippen LogP contribution is 2.42. The van der Waals surface area contributed by atoms with E-state index in [1.165, 1.54) is 4.90 Å². The molecule has 1 fully saturated rings. The SMILES string of the molecule is CCOc1cc(/C(O)=C2/C(=O)C(=O)N(c3ccc(Cl)cc3)C2c2ccncc2)ccc1Cl. The summed E-state index contributed by atoms with van der Waals surface area (Å²) >= 11 is 12.2. The average molecular weight is 469 g/mol. The fourth-order valence-electron chi connectivity index (χ4n) is 3.63. The number of ether oxygens (including phenoxy) is 1. The van der Waals surface area contributed by atoms with Crippen LogP contribution in [0.15, 0.2) is 72.6 Å². The summed E-state index contributed by atoms with van der Waals surface area (Å²) in [6.45, 7) is 2.19. The summed E-state index contributed by atoms with van der Waals surface area (Å²) < 4.78 is 5.50. The molecule has 0 radical (unpaired) electrons. The predicted octanol–water partition coefficient (Wildman–Crippen LogP) is 5.41. The Morgan fingerprint density at radius 3 is 2.41 bits per heavy atom. The topological polar surface area (TPSA) is 79.7 Å². The molecule has 0 bridgehead atoms. The van der Waals surface area contributed by atoms with Gasteiger partial charge < -0.3 is 9.84 Å². The first-order valence-electron chi connectivity index (χ1n) is 9.81. The van der Waals surface area contributed by atoms with E-state index in [0.717, 1.165) is 0 Å². The van der Waals surface area contributed by atoms with Gasteiger partial charge in [0, 0.05) is 28.7 Å². The van der Waals surface area contributed by atoms with Crippen LogP contribution >= 0.6 is 23.2 Å². The summed E-state index contributed by atoms with van der Waals surface area (Å²) in [5.41, 5.74) is 1.37. The molecule has 4 rings (SSSR count). The van der Waals surface area contributed by atoms with Crippen molar-refractivity contribution in [1.82, 2.24) is 4.98 Å². The number of hydrogen-bond acceptors (Lipinski definition) is 5. The Kier molecular flexibility index (Phi) is 6.17. The molecule has 2 heterocycles. The van der Waals surface area contributed by atoms with E-state index in [1.807, 2.05) is 6.92 Å². The second kappa shape index (κ2) is 9.02. The number of Topliss-reactive ketones (excluding diaryl/α,β-unsaturated/α-hetero) is 1. The first-order chi connectivity index (χ1) is 15.4. The van der Waals surface area contributed by atoms with E-state index < -0.39 is 17.7 Å². The summed E-state index contributed by atoms with van der Waals surface area (Å²) in [4.78, 5) is 31.6. The molecule has 162 valence electrons. The zero-order chi connectivity index (χ0) is 22.8. The largest absolute Gasteiger partial charge is 0.507 e. The number of aliphatic hydroxyl groups is 1. The number of carbonyl (C=O) groups excluding carboxylic acids is 2. The van der Waals surface area contributed by atoms with Gasteiger partial charge in [0.2, 0.25) is 0 Å². The van der Waals surface area contributed by atoms with Gasteiger partial charge in [-0.3, -0.25) is 19.5 Å². The van der Waals surface area contributed by atoms with Crippen LogP contribution in [0.1, 0.15) is 24.1 Å². The third-order valence-corrected chi connectivity index (χ3v) is 5.64. The maximum Gasteiger partial charge on any atom is 0.300 e. The lowest BCUT2D eigenvalue weighted by atomic mass is 9.95. The van der Waals surface area contributed by atoms with E-state index in [0.29, 0.717) is 39.2 Å². The van der Waals surface area contributed by atoms with Gasteiger partial charge in [-0.05, 0) is 67.1 Å². The van der Waals surface area contributed by atoms with Crippen LogP contribution < -0.4 is 9.64 Å². The Hall–Kier alpha value is -3.35. The molecule has 1 aromatic heterocycles. The van der Waals surface area contributed by atoms with Gasteiger partial charge in [-0.2, -0.15) is 0 Å². The van der Waals surface area contributed by atoms with Crippen LogP contribution in [-0.2, 0) is 9.59 Å². The maximum absolute atomic E-state index is 13.1. The molecular weight excluding hydrogens is 451 g/mol. The third kappa shape index (κ3) is 3.95. The van der Waals surface area contributed by atoms with Gasteiger partial charge >= 0.3 is 0 Å². The number of hydrogen-bond donors (Lipinski definition) is 1. The minimum atomic E-state index is -0.856. The van der Waals surface area contributed by atoms with Gasteiger partial charge in [-0.1, -0.05) is 23.2 Å². The van der Waals surface area contributed by atoms with Crippen molar-refractivity contribution in [1.29, 1.82) is 0 Å². The monoisotopic (exact) mass is 468 g/mol. The molecule has 1 aliphatic heterocycles. The van der Waals surface area contributed by atoms with Crippen LogP contribution in [-0.4, -0.2) is 28.4 Å². The van der Waals surface area contributed by atoms with E-state index in [2.05, 4.69) is 4.98 Å². The van der Waals surface area contributed by atoms with Gasteiger partial charge in [0.05, 0.1) is 23.2 Å². The Bertz CT molecular complexity index is 1210. The number of aromatic nitrogens is 1. The lowest BCUT2D eigenvalue weighted by Crippen LogP contribution is -2.29. The maximum atomic E-state index is 13.1. The van der Waals surface area contributed by atoms with Gasteiger partial charge in [-0.15, -0.1) is 0 Å². The Morgan fingerprint density at radius 2 is 1.75 bits per heavy atom. The molecule has 3 aromatic rings. The van der Waals surface area contributed by atoms with Crippen LogP contribution in [0.4, 0.5) is 5.69 Å². The minimum Gasteiger partial charge on any atom is -0.507 e. The fourth-order valence-corrected chi connectivity index (χ4v) is 3.93. The van der Waals surface area contributed by atoms with Crippen molar-refractivity contribution in [3.05, 3.63) is 93.7 Å². The molecule has 1 amide bonds. The zero-order valence-corrected chi connectivity index (χ0v) is 18.5. The summed E-state index contributed by atoms with van der Waals surface area (Å²) in [6, 6.07) is 13.8. The third-order valence-electron chi connectivity index (χ3n) is 5.08. The molecule has 1 N–H and O–H groups in total. The lowest BCUT2D eigenvalue weighted by Gasteiger charge is -2.25. The quantitative estimate of drug-likeness (QED) is 0.307. The van der Waals surface area contributed by atoms with Gasteiger partial charge in [0.1, 0.15) is 11.5 Å². The summed E-state index contributed by atoms with van der Waals surface area (Å²) in [5, 5.41) is 12.0. The molecule has 1 atom stereocenters. The number of nitrogens with zero attached hydrogens (tertiary/aromatic N) is 2. The molecule has 32 heavy (non-hydrogen) atoms. The Labute approximate surface area is 194 Å². The van der Waals surface area contributed by atoms with E-state index in [9.17, 15) is 14.7 Å². The van der Waals surface area contributed by atoms with Gasteiger partial charge in [-0.25, -0.2) is 0 Å². The number of ketones is 1. The van der Waals surface area contributed by atoms with Crippen molar-refractivity contribution in [2.75, 3.05) is 11.5 Å². The highest BCUT2D eigenvalue weighted by molar-refractivity contribution is 6.51. The van der Waals surface area contributed by atoms with Crippen molar-refractivity contribution >= 4 is 46.3 Å². The Balaban J connectivity index is 1.91. The van der Waals surface area contributed by atoms with Crippen LogP contribution in [0.3, 0.4) is 0 Å². The molecule has 1 unspecified atom stereocenters. The van der Waals surface area contributed by atoms with Gasteiger partial charge in [0.25, 0.3) is 11.7 Å². The van der Waals surface area contributed by atoms with Crippen molar-refractivity contribution in [3.8, 4) is 5.75 Å². The summed E-state index contributed by atoms with van der Waals surface area (Å²) in [7, 11) is 0. The summed E-state index contributed by atoms with van der Waals surface area (Å²) in [5.74, 6) is -1.51. The molecule has 0 aliphatic carbocycles. The Morgan fingerprint density at radius 1 is 1.06 bits per heavy atom. The number of amides is 1. The number of rotatable bonds is 5. The smallest absolute Gasteiger partial charge is 0.300 e. The van der Waals surface area contributed by atoms with E-state index in [4.69, 9.17) is 27.9 Å². The van der Waals surface area contributed by atoms with Crippen molar-refractivity contribution < 1.29 is 19.4 Å². The predicted molar refractivity (Wildman–Crippen MR) is 123 cm³/mol. The molecule has 6 nitrogen and oxygen atoms in total. The van der Waals surface area contributed by atoms with E-state index in [1.54, 1.807) is 67.0 Å².